The van der Waals surface area contributed by atoms with Crippen molar-refractivity contribution in [3.63, 3.8) is 0 Å². The van der Waals surface area contributed by atoms with Crippen LogP contribution < -0.4 is 10.1 Å². The molecule has 6 nitrogen and oxygen atoms in total. The topological polar surface area (TPSA) is 75.7 Å². The lowest BCUT2D eigenvalue weighted by Crippen LogP contribution is -2.43. The van der Waals surface area contributed by atoms with Gasteiger partial charge in [0.15, 0.2) is 0 Å². The number of methoxy groups -OCH3 is 1. The molecule has 138 valence electrons. The van der Waals surface area contributed by atoms with Gasteiger partial charge in [-0.1, -0.05) is 23.7 Å². The van der Waals surface area contributed by atoms with Gasteiger partial charge in [-0.2, -0.15) is 4.31 Å². The molecule has 1 unspecified atom stereocenters. The summed E-state index contributed by atoms with van der Waals surface area (Å²) >= 11 is 6.07. The molecule has 1 aliphatic rings. The van der Waals surface area contributed by atoms with Crippen LogP contribution >= 0.6 is 11.6 Å². The lowest BCUT2D eigenvalue weighted by molar-refractivity contribution is -0.119. The number of carbonyl (C=O) groups is 1. The molecule has 0 aromatic heterocycles. The monoisotopic (exact) mass is 394 g/mol. The second-order valence-corrected chi connectivity index (χ2v) is 8.22. The summed E-state index contributed by atoms with van der Waals surface area (Å²) < 4.78 is 32.2. The van der Waals surface area contributed by atoms with Crippen LogP contribution in [-0.4, -0.2) is 38.3 Å². The van der Waals surface area contributed by atoms with Gasteiger partial charge < -0.3 is 10.1 Å². The number of sulfonamides is 1. The van der Waals surface area contributed by atoms with Crippen molar-refractivity contribution in [3.8, 4) is 5.75 Å². The van der Waals surface area contributed by atoms with Crippen molar-refractivity contribution in [2.75, 3.05) is 19.0 Å². The Labute approximate surface area is 157 Å². The lowest BCUT2D eigenvalue weighted by Gasteiger charge is -2.23. The number of carbonyl (C=O) groups excluding carboxylic acids is 1. The average molecular weight is 395 g/mol. The van der Waals surface area contributed by atoms with E-state index in [1.165, 1.54) is 23.5 Å². The highest BCUT2D eigenvalue weighted by atomic mass is 35.5. The summed E-state index contributed by atoms with van der Waals surface area (Å²) in [4.78, 5) is 12.8. The summed E-state index contributed by atoms with van der Waals surface area (Å²) in [5, 5.41) is 3.13. The van der Waals surface area contributed by atoms with Crippen molar-refractivity contribution in [3.05, 3.63) is 53.6 Å². The summed E-state index contributed by atoms with van der Waals surface area (Å²) in [5.41, 5.74) is 0.466. The van der Waals surface area contributed by atoms with E-state index in [9.17, 15) is 13.2 Å². The first-order valence-corrected chi connectivity index (χ1v) is 9.96. The second-order valence-electron chi connectivity index (χ2n) is 5.92. The van der Waals surface area contributed by atoms with Crippen molar-refractivity contribution in [2.24, 2.45) is 0 Å². The molecule has 8 heteroatoms. The third-order valence-electron chi connectivity index (χ3n) is 4.30. The van der Waals surface area contributed by atoms with E-state index in [0.29, 0.717) is 35.8 Å². The van der Waals surface area contributed by atoms with Gasteiger partial charge in [-0.25, -0.2) is 8.42 Å². The normalized spacial score (nSPS) is 17.8. The zero-order valence-corrected chi connectivity index (χ0v) is 15.8. The van der Waals surface area contributed by atoms with Crippen molar-refractivity contribution >= 4 is 33.2 Å². The predicted molar refractivity (Wildman–Crippen MR) is 100.0 cm³/mol. The van der Waals surface area contributed by atoms with E-state index in [-0.39, 0.29) is 10.8 Å². The van der Waals surface area contributed by atoms with Crippen LogP contribution in [0.15, 0.2) is 53.4 Å². The van der Waals surface area contributed by atoms with Gasteiger partial charge in [-0.05, 0) is 49.2 Å². The van der Waals surface area contributed by atoms with E-state index in [2.05, 4.69) is 5.32 Å². The van der Waals surface area contributed by atoms with Gasteiger partial charge in [0.05, 0.1) is 22.7 Å². The van der Waals surface area contributed by atoms with Crippen LogP contribution in [-0.2, 0) is 14.8 Å². The Kier molecular flexibility index (Phi) is 5.50. The first-order chi connectivity index (χ1) is 12.4. The van der Waals surface area contributed by atoms with E-state index in [0.717, 1.165) is 0 Å². The fourth-order valence-electron chi connectivity index (χ4n) is 2.95. The highest BCUT2D eigenvalue weighted by molar-refractivity contribution is 7.89. The van der Waals surface area contributed by atoms with Crippen LogP contribution in [0.5, 0.6) is 5.75 Å². The minimum Gasteiger partial charge on any atom is -0.497 e. The van der Waals surface area contributed by atoms with Crippen LogP contribution in [0.2, 0.25) is 5.02 Å². The molecule has 1 saturated heterocycles. The van der Waals surface area contributed by atoms with Crippen molar-refractivity contribution in [1.82, 2.24) is 4.31 Å². The maximum Gasteiger partial charge on any atom is 0.243 e. The van der Waals surface area contributed by atoms with Gasteiger partial charge in [0, 0.05) is 6.54 Å². The molecular weight excluding hydrogens is 376 g/mol. The maximum absolute atomic E-state index is 12.9. The molecule has 1 N–H and O–H groups in total. The first-order valence-electron chi connectivity index (χ1n) is 8.15. The predicted octanol–water partition coefficient (Wildman–Crippen LogP) is 3.14. The molecule has 26 heavy (non-hydrogen) atoms. The Hall–Kier alpha value is -2.09. The molecule has 0 aliphatic carbocycles. The summed E-state index contributed by atoms with van der Waals surface area (Å²) in [7, 11) is -2.26. The number of rotatable bonds is 5. The SMILES string of the molecule is COc1ccc(S(=O)(=O)N2CCCC2C(=O)Nc2ccccc2Cl)cc1. The van der Waals surface area contributed by atoms with Crippen molar-refractivity contribution < 1.29 is 17.9 Å². The van der Waals surface area contributed by atoms with Crippen LogP contribution in [0.4, 0.5) is 5.69 Å². The van der Waals surface area contributed by atoms with Gasteiger partial charge in [0.25, 0.3) is 0 Å². The number of ether oxygens (including phenoxy) is 1. The van der Waals surface area contributed by atoms with Gasteiger partial charge in [0.1, 0.15) is 11.8 Å². The third kappa shape index (κ3) is 3.70. The molecule has 1 heterocycles. The Bertz CT molecular complexity index is 900. The molecule has 0 bridgehead atoms. The van der Waals surface area contributed by atoms with Gasteiger partial charge in [-0.3, -0.25) is 4.79 Å². The van der Waals surface area contributed by atoms with E-state index < -0.39 is 16.1 Å². The lowest BCUT2D eigenvalue weighted by atomic mass is 10.2. The Balaban J connectivity index is 1.82. The Morgan fingerprint density at radius 1 is 1.19 bits per heavy atom. The number of amides is 1. The minimum absolute atomic E-state index is 0.135. The zero-order chi connectivity index (χ0) is 18.7. The number of nitrogens with one attached hydrogen (secondary N) is 1. The summed E-state index contributed by atoms with van der Waals surface area (Å²) in [6.45, 7) is 0.301. The average Bonchev–Trinajstić information content (AvgIpc) is 3.14. The van der Waals surface area contributed by atoms with Gasteiger partial charge in [0.2, 0.25) is 15.9 Å². The number of nitrogens with zero attached hydrogens (tertiary/aromatic N) is 1. The highest BCUT2D eigenvalue weighted by Crippen LogP contribution is 2.29. The highest BCUT2D eigenvalue weighted by Gasteiger charge is 2.39. The number of para-hydroxylation sites is 1. The summed E-state index contributed by atoms with van der Waals surface area (Å²) in [5.74, 6) is 0.186. The van der Waals surface area contributed by atoms with E-state index >= 15 is 0 Å². The van der Waals surface area contributed by atoms with Gasteiger partial charge in [-0.15, -0.1) is 0 Å². The molecule has 1 fully saturated rings. The van der Waals surface area contributed by atoms with E-state index in [4.69, 9.17) is 16.3 Å². The molecule has 0 saturated carbocycles. The molecule has 2 aromatic rings. The molecule has 3 rings (SSSR count). The van der Waals surface area contributed by atoms with Crippen LogP contribution in [0.3, 0.4) is 0 Å². The Morgan fingerprint density at radius 3 is 2.54 bits per heavy atom. The minimum atomic E-state index is -3.78. The first kappa shape index (κ1) is 18.7. The maximum atomic E-state index is 12.9. The molecule has 1 aliphatic heterocycles. The third-order valence-corrected chi connectivity index (χ3v) is 6.56. The fraction of sp³-hybridized carbons (Fsp3) is 0.278. The molecule has 2 aromatic carbocycles. The number of anilines is 1. The van der Waals surface area contributed by atoms with Crippen LogP contribution in [0, 0.1) is 0 Å². The standard InChI is InChI=1S/C18H19ClN2O4S/c1-25-13-8-10-14(11-9-13)26(23,24)21-12-4-7-17(21)18(22)20-16-6-3-2-5-15(16)19/h2-3,5-6,8-11,17H,4,7,12H2,1H3,(H,20,22). The van der Waals surface area contributed by atoms with Crippen molar-refractivity contribution in [1.29, 1.82) is 0 Å². The fourth-order valence-corrected chi connectivity index (χ4v) is 4.79. The number of hydrogen-bond donors (Lipinski definition) is 1. The largest absolute Gasteiger partial charge is 0.497 e. The van der Waals surface area contributed by atoms with Crippen molar-refractivity contribution in [2.45, 2.75) is 23.8 Å². The number of halogens is 1. The van der Waals surface area contributed by atoms with E-state index in [1.54, 1.807) is 36.4 Å². The molecular formula is C18H19ClN2O4S. The summed E-state index contributed by atoms with van der Waals surface area (Å²) in [6, 6.07) is 12.2. The summed E-state index contributed by atoms with van der Waals surface area (Å²) in [6.07, 6.45) is 1.08. The van der Waals surface area contributed by atoms with Crippen LogP contribution in [0.1, 0.15) is 12.8 Å². The molecule has 1 amide bonds. The molecule has 1 atom stereocenters. The second kappa shape index (κ2) is 7.65. The molecule has 0 spiro atoms. The van der Waals surface area contributed by atoms with Gasteiger partial charge >= 0.3 is 0 Å². The zero-order valence-electron chi connectivity index (χ0n) is 14.2. The van der Waals surface area contributed by atoms with Crippen LogP contribution in [0.25, 0.3) is 0 Å². The quantitative estimate of drug-likeness (QED) is 0.845. The molecule has 0 radical (unpaired) electrons. The smallest absolute Gasteiger partial charge is 0.243 e. The number of hydrogen-bond acceptors (Lipinski definition) is 4. The van der Waals surface area contributed by atoms with E-state index in [1.807, 2.05) is 0 Å². The Morgan fingerprint density at radius 2 is 1.88 bits per heavy atom. The number of benzene rings is 2.